The van der Waals surface area contributed by atoms with Gasteiger partial charge in [-0.1, -0.05) is 0 Å². The molecule has 0 aromatic carbocycles. The van der Waals surface area contributed by atoms with Crippen LogP contribution in [-0.4, -0.2) is 38.3 Å². The zero-order chi connectivity index (χ0) is 0. The van der Waals surface area contributed by atoms with Gasteiger partial charge in [-0.3, -0.25) is 0 Å². The minimum atomic E-state index is 0. The Hall–Kier alpha value is 0.408. The van der Waals surface area contributed by atoms with Crippen LogP contribution < -0.4 is 0 Å². The molecule has 0 amide bonds. The molecule has 0 aliphatic heterocycles. The molecule has 8 heteroatoms. The van der Waals surface area contributed by atoms with Gasteiger partial charge in [0.25, 0.3) is 0 Å². The van der Waals surface area contributed by atoms with Crippen molar-refractivity contribution < 1.29 is 59.4 Å². The maximum absolute atomic E-state index is 0. The number of rotatable bonds is 0. The van der Waals surface area contributed by atoms with Gasteiger partial charge in [-0.25, -0.2) is 0 Å². The summed E-state index contributed by atoms with van der Waals surface area (Å²) < 4.78 is 0. The molecular formula is H14O7W. The van der Waals surface area contributed by atoms with Crippen LogP contribution in [0, 0.1) is 0 Å². The normalized spacial score (nSPS) is 0. The Bertz CT molecular complexity index is 4.35. The molecule has 0 saturated heterocycles. The average molecular weight is 310 g/mol. The third kappa shape index (κ3) is 1120. The molecule has 0 rings (SSSR count). The van der Waals surface area contributed by atoms with Gasteiger partial charge in [0.2, 0.25) is 0 Å². The maximum Gasteiger partial charge on any atom is 0 e. The minimum Gasteiger partial charge on any atom is -0.412 e. The Labute approximate surface area is 60.1 Å². The predicted molar refractivity (Wildman–Crippen MR) is 25.3 cm³/mol. The fourth-order valence-corrected chi connectivity index (χ4v) is 0. The van der Waals surface area contributed by atoms with Crippen LogP contribution in [0.3, 0.4) is 0 Å². The van der Waals surface area contributed by atoms with Gasteiger partial charge >= 0.3 is 0 Å². The molecule has 0 radical (unpaired) electrons. The third-order valence-electron chi connectivity index (χ3n) is 0. The summed E-state index contributed by atoms with van der Waals surface area (Å²) in [5, 5.41) is 0. The van der Waals surface area contributed by atoms with E-state index in [9.17, 15) is 0 Å². The van der Waals surface area contributed by atoms with Gasteiger partial charge in [0.15, 0.2) is 0 Å². The molecule has 0 aliphatic carbocycles. The van der Waals surface area contributed by atoms with Crippen molar-refractivity contribution in [1.29, 1.82) is 0 Å². The Morgan fingerprint density at radius 2 is 0.250 bits per heavy atom. The van der Waals surface area contributed by atoms with Crippen LogP contribution in [0.15, 0.2) is 0 Å². The van der Waals surface area contributed by atoms with Crippen LogP contribution in [0.2, 0.25) is 0 Å². The molecule has 0 spiro atoms. The standard InChI is InChI=1S/7H2O.W/h7*1H2;. The molecule has 0 atom stereocenters. The predicted octanol–water partition coefficient (Wildman–Crippen LogP) is -5.78. The molecule has 62 valence electrons. The molecule has 0 saturated carbocycles. The zero-order valence-electron chi connectivity index (χ0n) is 3.91. The van der Waals surface area contributed by atoms with Crippen molar-refractivity contribution in [3.63, 3.8) is 0 Å². The maximum atomic E-state index is 0. The first-order valence-electron chi connectivity index (χ1n) is 0. The van der Waals surface area contributed by atoms with Gasteiger partial charge in [0.05, 0.1) is 0 Å². The van der Waals surface area contributed by atoms with Crippen molar-refractivity contribution >= 4 is 0 Å². The SMILES string of the molecule is O.O.O.O.O.O.O.[W]. The smallest absolute Gasteiger partial charge is 0 e. The summed E-state index contributed by atoms with van der Waals surface area (Å²) in [4.78, 5) is 0. The quantitative estimate of drug-likeness (QED) is 0.408. The van der Waals surface area contributed by atoms with E-state index in [0.29, 0.717) is 0 Å². The van der Waals surface area contributed by atoms with Crippen LogP contribution in [0.4, 0.5) is 0 Å². The molecule has 8 heavy (non-hydrogen) atoms. The molecule has 0 unspecified atom stereocenters. The van der Waals surface area contributed by atoms with Crippen molar-refractivity contribution in [3.8, 4) is 0 Å². The summed E-state index contributed by atoms with van der Waals surface area (Å²) in [5.74, 6) is 0. The van der Waals surface area contributed by atoms with Crippen molar-refractivity contribution in [3.05, 3.63) is 0 Å². The summed E-state index contributed by atoms with van der Waals surface area (Å²) in [6.07, 6.45) is 0. The summed E-state index contributed by atoms with van der Waals surface area (Å²) in [7, 11) is 0. The summed E-state index contributed by atoms with van der Waals surface area (Å²) >= 11 is 0. The van der Waals surface area contributed by atoms with Crippen molar-refractivity contribution in [1.82, 2.24) is 0 Å². The fourth-order valence-electron chi connectivity index (χ4n) is 0. The largest absolute Gasteiger partial charge is 0.412 e. The van der Waals surface area contributed by atoms with Gasteiger partial charge in [-0.2, -0.15) is 0 Å². The summed E-state index contributed by atoms with van der Waals surface area (Å²) in [6, 6.07) is 0. The second-order valence-corrected chi connectivity index (χ2v) is 0. The topological polar surface area (TPSA) is 220 Å². The van der Waals surface area contributed by atoms with Gasteiger partial charge in [0, 0.05) is 21.1 Å². The van der Waals surface area contributed by atoms with E-state index in [1.54, 1.807) is 0 Å². The van der Waals surface area contributed by atoms with Crippen LogP contribution in [0.1, 0.15) is 0 Å². The Morgan fingerprint density at radius 1 is 0.250 bits per heavy atom. The zero-order valence-corrected chi connectivity index (χ0v) is 6.84. The molecule has 0 aliphatic rings. The van der Waals surface area contributed by atoms with E-state index in [1.807, 2.05) is 0 Å². The molecule has 7 nitrogen and oxygen atoms in total. The second kappa shape index (κ2) is 1820. The summed E-state index contributed by atoms with van der Waals surface area (Å²) in [5.41, 5.74) is 0. The fraction of sp³-hybridized carbons (Fsp3) is 0. The molecule has 0 aromatic rings. The second-order valence-electron chi connectivity index (χ2n) is 0. The van der Waals surface area contributed by atoms with E-state index in [4.69, 9.17) is 0 Å². The van der Waals surface area contributed by atoms with Crippen LogP contribution >= 0.6 is 0 Å². The molecular weight excluding hydrogens is 296 g/mol. The Balaban J connectivity index is 0. The summed E-state index contributed by atoms with van der Waals surface area (Å²) in [6.45, 7) is 0. The van der Waals surface area contributed by atoms with Gasteiger partial charge in [-0.15, -0.1) is 0 Å². The third-order valence-corrected chi connectivity index (χ3v) is 0. The molecule has 0 fully saturated rings. The first-order valence-corrected chi connectivity index (χ1v) is 0. The first kappa shape index (κ1) is 2770. The molecule has 0 aromatic heterocycles. The number of hydrogen-bond donors (Lipinski definition) is 0. The number of hydrogen-bond acceptors (Lipinski definition) is 0. The van der Waals surface area contributed by atoms with E-state index in [-0.39, 0.29) is 59.4 Å². The molecule has 14 N–H and O–H groups in total. The van der Waals surface area contributed by atoms with Crippen molar-refractivity contribution in [2.24, 2.45) is 0 Å². The van der Waals surface area contributed by atoms with Gasteiger partial charge in [0.1, 0.15) is 0 Å². The van der Waals surface area contributed by atoms with Gasteiger partial charge in [-0.05, 0) is 0 Å². The van der Waals surface area contributed by atoms with E-state index < -0.39 is 0 Å². The van der Waals surface area contributed by atoms with Gasteiger partial charge < -0.3 is 38.3 Å². The average Bonchev–Trinajstić information content (AvgIpc) is 0. The van der Waals surface area contributed by atoms with E-state index >= 15 is 0 Å². The first-order chi connectivity index (χ1) is 0. The molecule has 0 bridgehead atoms. The minimum absolute atomic E-state index is 0. The van der Waals surface area contributed by atoms with Crippen LogP contribution in [0.25, 0.3) is 0 Å². The van der Waals surface area contributed by atoms with Crippen molar-refractivity contribution in [2.45, 2.75) is 0 Å². The Morgan fingerprint density at radius 3 is 0.250 bits per heavy atom. The van der Waals surface area contributed by atoms with E-state index in [0.717, 1.165) is 0 Å². The van der Waals surface area contributed by atoms with Crippen LogP contribution in [-0.2, 0) is 21.1 Å². The van der Waals surface area contributed by atoms with E-state index in [2.05, 4.69) is 0 Å². The monoisotopic (exact) mass is 310 g/mol. The molecule has 0 heterocycles. The van der Waals surface area contributed by atoms with Crippen molar-refractivity contribution in [2.75, 3.05) is 0 Å². The van der Waals surface area contributed by atoms with E-state index in [1.165, 1.54) is 0 Å². The van der Waals surface area contributed by atoms with Crippen LogP contribution in [0.5, 0.6) is 0 Å². The Kier molecular flexibility index (Phi) is 631000.